The van der Waals surface area contributed by atoms with Crippen molar-refractivity contribution < 1.29 is 9.47 Å². The highest BCUT2D eigenvalue weighted by atomic mass is 16.5. The van der Waals surface area contributed by atoms with Crippen molar-refractivity contribution in [2.45, 2.75) is 31.8 Å². The summed E-state index contributed by atoms with van der Waals surface area (Å²) < 4.78 is 13.0. The zero-order chi connectivity index (χ0) is 30.1. The van der Waals surface area contributed by atoms with Crippen LogP contribution in [0.4, 0.5) is 0 Å². The normalized spacial score (nSPS) is 17.5. The van der Waals surface area contributed by atoms with Crippen molar-refractivity contribution in [1.82, 2.24) is 0 Å². The molecule has 6 aromatic carbocycles. The van der Waals surface area contributed by atoms with Crippen LogP contribution in [0.25, 0.3) is 39.1 Å². The molecule has 2 aliphatic rings. The third-order valence-electron chi connectivity index (χ3n) is 9.64. The summed E-state index contributed by atoms with van der Waals surface area (Å²) in [6.07, 6.45) is 4.58. The molecule has 214 valence electrons. The fourth-order valence-corrected chi connectivity index (χ4v) is 7.40. The summed E-state index contributed by atoms with van der Waals surface area (Å²) in [6.45, 7) is 6.89. The minimum absolute atomic E-state index is 0.171. The van der Waals surface area contributed by atoms with Crippen molar-refractivity contribution in [1.29, 1.82) is 0 Å². The number of methoxy groups -OCH3 is 1. The minimum Gasteiger partial charge on any atom is -0.497 e. The molecule has 44 heavy (non-hydrogen) atoms. The molecule has 1 aliphatic heterocycles. The predicted molar refractivity (Wildman–Crippen MR) is 182 cm³/mol. The van der Waals surface area contributed by atoms with Crippen molar-refractivity contribution in [3.63, 3.8) is 0 Å². The molecule has 1 unspecified atom stereocenters. The third-order valence-corrected chi connectivity index (χ3v) is 9.64. The molecule has 8 rings (SSSR count). The highest BCUT2D eigenvalue weighted by Gasteiger charge is 2.44. The average Bonchev–Trinajstić information content (AvgIpc) is 3.31. The largest absolute Gasteiger partial charge is 0.497 e. The molecule has 0 spiro atoms. The van der Waals surface area contributed by atoms with Gasteiger partial charge in [-0.2, -0.15) is 0 Å². The molecule has 1 aliphatic carbocycles. The van der Waals surface area contributed by atoms with Gasteiger partial charge in [0.1, 0.15) is 11.5 Å². The van der Waals surface area contributed by atoms with E-state index in [9.17, 15) is 0 Å². The Hall–Kier alpha value is -5.08. The quantitative estimate of drug-likeness (QED) is 0.210. The summed E-state index contributed by atoms with van der Waals surface area (Å²) in [5, 5.41) is 2.36. The molecule has 2 heteroatoms. The molecule has 0 fully saturated rings. The van der Waals surface area contributed by atoms with Gasteiger partial charge >= 0.3 is 0 Å². The van der Waals surface area contributed by atoms with Gasteiger partial charge in [0.25, 0.3) is 0 Å². The summed E-state index contributed by atoms with van der Waals surface area (Å²) in [6, 6.07) is 43.2. The van der Waals surface area contributed by atoms with Gasteiger partial charge in [-0.15, -0.1) is 0 Å². The lowest BCUT2D eigenvalue weighted by molar-refractivity contribution is 0.163. The third kappa shape index (κ3) is 3.80. The predicted octanol–water partition coefficient (Wildman–Crippen LogP) is 10.5. The maximum Gasteiger partial charge on any atom is 0.178 e. The molecular formula is C42H34O2. The summed E-state index contributed by atoms with van der Waals surface area (Å²) in [5.74, 6) is 1.75. The first-order valence-electron chi connectivity index (χ1n) is 15.3. The van der Waals surface area contributed by atoms with Gasteiger partial charge in [-0.25, -0.2) is 0 Å². The lowest BCUT2D eigenvalue weighted by atomic mass is 9.76. The van der Waals surface area contributed by atoms with Crippen LogP contribution >= 0.6 is 0 Å². The van der Waals surface area contributed by atoms with E-state index in [0.717, 1.165) is 28.0 Å². The van der Waals surface area contributed by atoms with Crippen LogP contribution in [-0.4, -0.2) is 7.11 Å². The summed E-state index contributed by atoms with van der Waals surface area (Å²) >= 11 is 0. The van der Waals surface area contributed by atoms with Crippen LogP contribution in [0.2, 0.25) is 0 Å². The average molecular weight is 571 g/mol. The van der Waals surface area contributed by atoms with Gasteiger partial charge in [0.15, 0.2) is 5.60 Å². The van der Waals surface area contributed by atoms with E-state index in [1.54, 1.807) is 7.11 Å². The van der Waals surface area contributed by atoms with Crippen LogP contribution in [0.5, 0.6) is 11.5 Å². The Morgan fingerprint density at radius 3 is 2.00 bits per heavy atom. The number of ether oxygens (including phenoxy) is 2. The van der Waals surface area contributed by atoms with Crippen LogP contribution in [0.15, 0.2) is 127 Å². The summed E-state index contributed by atoms with van der Waals surface area (Å²) in [5.41, 5.74) is 11.3. The van der Waals surface area contributed by atoms with E-state index >= 15 is 0 Å². The molecule has 0 amide bonds. The van der Waals surface area contributed by atoms with E-state index in [0.29, 0.717) is 0 Å². The highest BCUT2D eigenvalue weighted by molar-refractivity contribution is 6.08. The first kappa shape index (κ1) is 26.5. The molecule has 0 saturated carbocycles. The van der Waals surface area contributed by atoms with Gasteiger partial charge in [-0.1, -0.05) is 135 Å². The number of benzene rings is 6. The number of fused-ring (bicyclic) bond motifs is 8. The van der Waals surface area contributed by atoms with Crippen LogP contribution in [0, 0.1) is 6.92 Å². The maximum atomic E-state index is 7.44. The number of hydrogen-bond acceptors (Lipinski definition) is 2. The van der Waals surface area contributed by atoms with Gasteiger partial charge in [-0.05, 0) is 63.9 Å². The van der Waals surface area contributed by atoms with Crippen LogP contribution < -0.4 is 9.47 Å². The Morgan fingerprint density at radius 2 is 1.30 bits per heavy atom. The molecular weight excluding hydrogens is 536 g/mol. The zero-order valence-corrected chi connectivity index (χ0v) is 25.5. The van der Waals surface area contributed by atoms with Gasteiger partial charge in [0, 0.05) is 27.5 Å². The molecule has 0 aromatic heterocycles. The molecule has 2 nitrogen and oxygen atoms in total. The molecule has 6 aromatic rings. The van der Waals surface area contributed by atoms with Gasteiger partial charge in [0.05, 0.1) is 7.11 Å². The zero-order valence-electron chi connectivity index (χ0n) is 25.5. The molecule has 1 heterocycles. The van der Waals surface area contributed by atoms with Crippen LogP contribution in [0.1, 0.15) is 47.2 Å². The Morgan fingerprint density at radius 1 is 0.659 bits per heavy atom. The SMILES string of the molecule is COc1ccc(C2(c3ccc(-c4ccccc4)cc3)C=Cc3c4c(c5ccccc5c3O2)-c2ccc(C)cc2C4(C)C)cc1. The monoisotopic (exact) mass is 570 g/mol. The lowest BCUT2D eigenvalue weighted by Crippen LogP contribution is -2.35. The molecule has 0 saturated heterocycles. The van der Waals surface area contributed by atoms with E-state index in [4.69, 9.17) is 9.47 Å². The van der Waals surface area contributed by atoms with E-state index in [1.165, 1.54) is 49.9 Å². The van der Waals surface area contributed by atoms with Crippen molar-refractivity contribution in [3.05, 3.63) is 161 Å². The Balaban J connectivity index is 1.37. The van der Waals surface area contributed by atoms with E-state index < -0.39 is 5.60 Å². The fourth-order valence-electron chi connectivity index (χ4n) is 7.40. The van der Waals surface area contributed by atoms with E-state index in [1.807, 2.05) is 12.1 Å². The molecule has 0 radical (unpaired) electrons. The first-order valence-corrected chi connectivity index (χ1v) is 15.3. The molecule has 1 atom stereocenters. The van der Waals surface area contributed by atoms with Crippen molar-refractivity contribution in [2.24, 2.45) is 0 Å². The van der Waals surface area contributed by atoms with Gasteiger partial charge < -0.3 is 9.47 Å². The van der Waals surface area contributed by atoms with Gasteiger partial charge in [-0.3, -0.25) is 0 Å². The van der Waals surface area contributed by atoms with Crippen LogP contribution in [-0.2, 0) is 11.0 Å². The smallest absolute Gasteiger partial charge is 0.178 e. The summed E-state index contributed by atoms with van der Waals surface area (Å²) in [4.78, 5) is 0. The topological polar surface area (TPSA) is 18.5 Å². The Bertz CT molecular complexity index is 2080. The van der Waals surface area contributed by atoms with E-state index in [2.05, 4.69) is 142 Å². The second kappa shape index (κ2) is 9.72. The maximum absolute atomic E-state index is 7.44. The van der Waals surface area contributed by atoms with Crippen molar-refractivity contribution in [2.75, 3.05) is 7.11 Å². The highest BCUT2D eigenvalue weighted by Crippen LogP contribution is 2.58. The Kier molecular flexibility index (Phi) is 5.86. The standard InChI is InChI=1S/C42H34O2/c1-27-14-23-35-37(26-27)41(2,3)39-36-24-25-42(31-19-21-32(43-4)22-20-31,44-40(36)34-13-9-8-12-33(34)38(35)39)30-17-15-29(16-18-30)28-10-6-5-7-11-28/h5-26H,1-4H3. The molecule has 0 bridgehead atoms. The van der Waals surface area contributed by atoms with E-state index in [-0.39, 0.29) is 5.41 Å². The Labute approximate surface area is 259 Å². The number of hydrogen-bond donors (Lipinski definition) is 0. The lowest BCUT2D eigenvalue weighted by Gasteiger charge is -2.38. The number of rotatable bonds is 4. The second-order valence-electron chi connectivity index (χ2n) is 12.6. The van der Waals surface area contributed by atoms with Crippen molar-refractivity contribution in [3.8, 4) is 33.8 Å². The molecule has 0 N–H and O–H groups in total. The second-order valence-corrected chi connectivity index (χ2v) is 12.6. The van der Waals surface area contributed by atoms with Gasteiger partial charge in [0.2, 0.25) is 0 Å². The summed E-state index contributed by atoms with van der Waals surface area (Å²) in [7, 11) is 1.70. The minimum atomic E-state index is -0.822. The fraction of sp³-hybridized carbons (Fsp3) is 0.143. The number of aryl methyl sites for hydroxylation is 1. The van der Waals surface area contributed by atoms with Crippen molar-refractivity contribution >= 4 is 16.8 Å². The van der Waals surface area contributed by atoms with Crippen LogP contribution in [0.3, 0.4) is 0 Å². The first-order chi connectivity index (χ1) is 21.4.